The fourth-order valence-corrected chi connectivity index (χ4v) is 3.16. The molecular weight excluding hydrogens is 326 g/mol. The molecule has 0 bridgehead atoms. The van der Waals surface area contributed by atoms with Crippen molar-refractivity contribution in [2.24, 2.45) is 11.1 Å². The molecule has 0 aromatic heterocycles. The van der Waals surface area contributed by atoms with E-state index in [1.165, 1.54) is 5.56 Å². The van der Waals surface area contributed by atoms with Gasteiger partial charge in [0.1, 0.15) is 0 Å². The van der Waals surface area contributed by atoms with E-state index in [2.05, 4.69) is 36.4 Å². The lowest BCUT2D eigenvalue weighted by Gasteiger charge is -2.28. The summed E-state index contributed by atoms with van der Waals surface area (Å²) < 4.78 is 5.33. The Kier molecular flexibility index (Phi) is 7.37. The maximum Gasteiger partial charge on any atom is 0.309 e. The molecule has 0 aliphatic carbocycles. The van der Waals surface area contributed by atoms with Gasteiger partial charge in [0, 0.05) is 19.3 Å². The van der Waals surface area contributed by atoms with Crippen LogP contribution in [0.5, 0.6) is 0 Å². The SMILES string of the molecule is CCOCCC(C)(C[C@H](N)Cc1ccc(-c2ccccc2)cc1)C(=O)O. The number of benzene rings is 2. The Hall–Kier alpha value is -2.17. The van der Waals surface area contributed by atoms with Crippen molar-refractivity contribution >= 4 is 5.97 Å². The molecule has 4 heteroatoms. The Morgan fingerprint density at radius 2 is 1.73 bits per heavy atom. The van der Waals surface area contributed by atoms with E-state index in [0.717, 1.165) is 11.1 Å². The fourth-order valence-electron chi connectivity index (χ4n) is 3.16. The minimum Gasteiger partial charge on any atom is -0.481 e. The number of hydrogen-bond donors (Lipinski definition) is 2. The standard InChI is InChI=1S/C22H29NO3/c1-3-26-14-13-22(2,21(24)25)16-20(23)15-17-9-11-19(12-10-17)18-7-5-4-6-8-18/h4-12,20H,3,13-16,23H2,1-2H3,(H,24,25)/t20-,22?/m1/s1. The number of nitrogens with two attached hydrogens (primary N) is 1. The van der Waals surface area contributed by atoms with Crippen molar-refractivity contribution in [3.05, 3.63) is 60.2 Å². The lowest BCUT2D eigenvalue weighted by Crippen LogP contribution is -2.37. The average molecular weight is 355 g/mol. The summed E-state index contributed by atoms with van der Waals surface area (Å²) in [6, 6.07) is 18.3. The van der Waals surface area contributed by atoms with E-state index in [4.69, 9.17) is 10.5 Å². The molecule has 2 aromatic rings. The normalized spacial score (nSPS) is 14.6. The first-order valence-electron chi connectivity index (χ1n) is 9.15. The van der Waals surface area contributed by atoms with Gasteiger partial charge in [-0.15, -0.1) is 0 Å². The third-order valence-electron chi connectivity index (χ3n) is 4.79. The van der Waals surface area contributed by atoms with Gasteiger partial charge in [-0.25, -0.2) is 0 Å². The molecule has 1 unspecified atom stereocenters. The van der Waals surface area contributed by atoms with Crippen molar-refractivity contribution < 1.29 is 14.6 Å². The van der Waals surface area contributed by atoms with Gasteiger partial charge in [-0.2, -0.15) is 0 Å². The van der Waals surface area contributed by atoms with E-state index in [9.17, 15) is 9.90 Å². The second kappa shape index (κ2) is 9.51. The van der Waals surface area contributed by atoms with Crippen LogP contribution in [0.2, 0.25) is 0 Å². The van der Waals surface area contributed by atoms with Crippen LogP contribution in [-0.4, -0.2) is 30.3 Å². The van der Waals surface area contributed by atoms with E-state index in [0.29, 0.717) is 32.5 Å². The minimum absolute atomic E-state index is 0.208. The molecule has 0 heterocycles. The molecule has 140 valence electrons. The van der Waals surface area contributed by atoms with Gasteiger partial charge in [-0.1, -0.05) is 54.6 Å². The number of rotatable bonds is 10. The van der Waals surface area contributed by atoms with Crippen molar-refractivity contribution in [2.75, 3.05) is 13.2 Å². The number of carboxylic acid groups (broad SMARTS) is 1. The van der Waals surface area contributed by atoms with Crippen molar-refractivity contribution in [2.45, 2.75) is 39.2 Å². The molecule has 0 amide bonds. The molecule has 0 aliphatic rings. The monoisotopic (exact) mass is 355 g/mol. The molecule has 0 saturated carbocycles. The molecule has 3 N–H and O–H groups in total. The Morgan fingerprint density at radius 3 is 2.31 bits per heavy atom. The summed E-state index contributed by atoms with van der Waals surface area (Å²) in [6.45, 7) is 4.70. The van der Waals surface area contributed by atoms with Crippen LogP contribution >= 0.6 is 0 Å². The van der Waals surface area contributed by atoms with Gasteiger partial charge in [-0.05, 0) is 49.8 Å². The zero-order valence-electron chi connectivity index (χ0n) is 15.7. The van der Waals surface area contributed by atoms with Gasteiger partial charge in [0.05, 0.1) is 5.41 Å². The van der Waals surface area contributed by atoms with Crippen LogP contribution in [0, 0.1) is 5.41 Å². The van der Waals surface area contributed by atoms with Crippen LogP contribution in [0.1, 0.15) is 32.3 Å². The second-order valence-electron chi connectivity index (χ2n) is 7.04. The number of carbonyl (C=O) groups is 1. The summed E-state index contributed by atoms with van der Waals surface area (Å²) in [6.07, 6.45) is 1.55. The van der Waals surface area contributed by atoms with Crippen molar-refractivity contribution in [3.8, 4) is 11.1 Å². The van der Waals surface area contributed by atoms with Crippen LogP contribution in [0.3, 0.4) is 0 Å². The molecule has 26 heavy (non-hydrogen) atoms. The summed E-state index contributed by atoms with van der Waals surface area (Å²) in [7, 11) is 0. The lowest BCUT2D eigenvalue weighted by atomic mass is 9.79. The zero-order chi connectivity index (χ0) is 19.0. The van der Waals surface area contributed by atoms with Crippen LogP contribution in [0.25, 0.3) is 11.1 Å². The Labute approximate surface area is 156 Å². The first-order chi connectivity index (χ1) is 12.4. The number of hydrogen-bond acceptors (Lipinski definition) is 3. The van der Waals surface area contributed by atoms with Crippen molar-refractivity contribution in [1.29, 1.82) is 0 Å². The molecule has 0 spiro atoms. The van der Waals surface area contributed by atoms with Crippen LogP contribution in [0.15, 0.2) is 54.6 Å². The zero-order valence-corrected chi connectivity index (χ0v) is 15.7. The molecule has 0 saturated heterocycles. The largest absolute Gasteiger partial charge is 0.481 e. The molecule has 2 aromatic carbocycles. The van der Waals surface area contributed by atoms with E-state index < -0.39 is 11.4 Å². The van der Waals surface area contributed by atoms with Gasteiger partial charge < -0.3 is 15.6 Å². The predicted molar refractivity (Wildman–Crippen MR) is 105 cm³/mol. The summed E-state index contributed by atoms with van der Waals surface area (Å²) in [5.74, 6) is -0.813. The molecular formula is C22H29NO3. The topological polar surface area (TPSA) is 72.5 Å². The molecule has 0 radical (unpaired) electrons. The highest BCUT2D eigenvalue weighted by molar-refractivity contribution is 5.74. The highest BCUT2D eigenvalue weighted by atomic mass is 16.5. The van der Waals surface area contributed by atoms with Crippen LogP contribution in [-0.2, 0) is 16.0 Å². The second-order valence-corrected chi connectivity index (χ2v) is 7.04. The van der Waals surface area contributed by atoms with E-state index >= 15 is 0 Å². The summed E-state index contributed by atoms with van der Waals surface area (Å²) in [5, 5.41) is 9.60. The lowest BCUT2D eigenvalue weighted by molar-refractivity contribution is -0.149. The fraction of sp³-hybridized carbons (Fsp3) is 0.409. The average Bonchev–Trinajstić information content (AvgIpc) is 2.63. The number of ether oxygens (including phenoxy) is 1. The molecule has 4 nitrogen and oxygen atoms in total. The number of carboxylic acids is 1. The summed E-state index contributed by atoms with van der Waals surface area (Å²) in [4.78, 5) is 11.7. The van der Waals surface area contributed by atoms with Crippen molar-refractivity contribution in [3.63, 3.8) is 0 Å². The maximum absolute atomic E-state index is 11.7. The maximum atomic E-state index is 11.7. The van der Waals surface area contributed by atoms with Crippen LogP contribution < -0.4 is 5.73 Å². The third-order valence-corrected chi connectivity index (χ3v) is 4.79. The first kappa shape index (κ1) is 20.1. The van der Waals surface area contributed by atoms with E-state index in [1.54, 1.807) is 6.92 Å². The van der Waals surface area contributed by atoms with Crippen molar-refractivity contribution in [1.82, 2.24) is 0 Å². The van der Waals surface area contributed by atoms with E-state index in [-0.39, 0.29) is 6.04 Å². The minimum atomic E-state index is -0.863. The molecule has 2 rings (SSSR count). The van der Waals surface area contributed by atoms with Gasteiger partial charge in [-0.3, -0.25) is 4.79 Å². The quantitative estimate of drug-likeness (QED) is 0.629. The van der Waals surface area contributed by atoms with E-state index in [1.807, 2.05) is 25.1 Å². The highest BCUT2D eigenvalue weighted by Gasteiger charge is 2.34. The third kappa shape index (κ3) is 5.68. The van der Waals surface area contributed by atoms with Gasteiger partial charge >= 0.3 is 5.97 Å². The number of aliphatic carboxylic acids is 1. The van der Waals surface area contributed by atoms with Crippen LogP contribution in [0.4, 0.5) is 0 Å². The Morgan fingerprint density at radius 1 is 1.12 bits per heavy atom. The Bertz CT molecular complexity index is 684. The van der Waals surface area contributed by atoms with Gasteiger partial charge in [0.15, 0.2) is 0 Å². The smallest absolute Gasteiger partial charge is 0.309 e. The molecule has 2 atom stereocenters. The highest BCUT2D eigenvalue weighted by Crippen LogP contribution is 2.29. The summed E-state index contributed by atoms with van der Waals surface area (Å²) >= 11 is 0. The predicted octanol–water partition coefficient (Wildman–Crippen LogP) is 4.13. The van der Waals surface area contributed by atoms with Gasteiger partial charge in [0.2, 0.25) is 0 Å². The molecule has 0 fully saturated rings. The first-order valence-corrected chi connectivity index (χ1v) is 9.15. The summed E-state index contributed by atoms with van der Waals surface area (Å²) in [5.41, 5.74) is 8.88. The van der Waals surface area contributed by atoms with Gasteiger partial charge in [0.25, 0.3) is 0 Å². The Balaban J connectivity index is 1.97. The molecule has 0 aliphatic heterocycles.